The molecule has 0 spiro atoms. The van der Waals surface area contributed by atoms with E-state index in [0.29, 0.717) is 34.1 Å². The zero-order valence-corrected chi connectivity index (χ0v) is 21.3. The van der Waals surface area contributed by atoms with Crippen molar-refractivity contribution in [1.82, 2.24) is 0 Å². The highest BCUT2D eigenvalue weighted by Gasteiger charge is 2.52. The van der Waals surface area contributed by atoms with Crippen LogP contribution in [-0.2, 0) is 28.2 Å². The maximum Gasteiger partial charge on any atom is 0.264 e. The van der Waals surface area contributed by atoms with E-state index in [0.717, 1.165) is 22.3 Å². The average Bonchev–Trinajstić information content (AvgIpc) is 3.03. The van der Waals surface area contributed by atoms with Crippen LogP contribution < -0.4 is 4.90 Å². The van der Waals surface area contributed by atoms with Gasteiger partial charge in [0.15, 0.2) is 11.4 Å². The first-order valence-electron chi connectivity index (χ1n) is 11.7. The minimum absolute atomic E-state index is 0.229. The van der Waals surface area contributed by atoms with Gasteiger partial charge in [0.05, 0.1) is 18.2 Å². The summed E-state index contributed by atoms with van der Waals surface area (Å²) in [6.45, 7) is 4.27. The summed E-state index contributed by atoms with van der Waals surface area (Å²) in [6.07, 6.45) is 0.569. The number of fused-ring (bicyclic) bond motifs is 2. The molecule has 1 aliphatic heterocycles. The number of hydrogen-bond donors (Lipinski definition) is 1. The van der Waals surface area contributed by atoms with Crippen molar-refractivity contribution >= 4 is 39.1 Å². The zero-order valence-electron chi connectivity index (χ0n) is 19.7. The van der Waals surface area contributed by atoms with Crippen molar-refractivity contribution in [1.29, 1.82) is 0 Å². The second-order valence-electron chi connectivity index (χ2n) is 9.60. The van der Waals surface area contributed by atoms with Gasteiger partial charge in [-0.25, -0.2) is 0 Å². The summed E-state index contributed by atoms with van der Waals surface area (Å²) in [6, 6.07) is 18.7. The van der Waals surface area contributed by atoms with Gasteiger partial charge in [0.25, 0.3) is 5.91 Å². The summed E-state index contributed by atoms with van der Waals surface area (Å²) in [5, 5.41) is 11.7. The highest BCUT2D eigenvalue weighted by Crippen LogP contribution is 2.45. The Kier molecular flexibility index (Phi) is 5.98. The third-order valence-corrected chi connectivity index (χ3v) is 7.74. The summed E-state index contributed by atoms with van der Waals surface area (Å²) in [5.74, 6) is -2.03. The van der Waals surface area contributed by atoms with Gasteiger partial charge in [-0.1, -0.05) is 64.0 Å². The topological polar surface area (TPSA) is 74.7 Å². The number of Topliss-reactive ketones (excluding diaryl/α,β-unsaturated/α-hetero) is 2. The number of hydrogen-bond acceptors (Lipinski definition) is 4. The normalized spacial score (nSPS) is 21.1. The molecule has 0 unspecified atom stereocenters. The first-order valence-corrected chi connectivity index (χ1v) is 12.5. The van der Waals surface area contributed by atoms with E-state index in [9.17, 15) is 19.5 Å². The second-order valence-corrected chi connectivity index (χ2v) is 10.5. The van der Waals surface area contributed by atoms with Crippen LogP contribution in [0.3, 0.4) is 0 Å². The van der Waals surface area contributed by atoms with Crippen molar-refractivity contribution in [2.75, 3.05) is 4.90 Å². The van der Waals surface area contributed by atoms with E-state index in [2.05, 4.69) is 15.9 Å². The molecule has 0 bridgehead atoms. The Morgan fingerprint density at radius 2 is 1.86 bits per heavy atom. The zero-order chi connectivity index (χ0) is 24.9. The highest BCUT2D eigenvalue weighted by molar-refractivity contribution is 9.10. The van der Waals surface area contributed by atoms with Gasteiger partial charge in [-0.05, 0) is 61.6 Å². The van der Waals surface area contributed by atoms with Crippen LogP contribution in [0.4, 0.5) is 5.69 Å². The van der Waals surface area contributed by atoms with E-state index < -0.39 is 29.6 Å². The van der Waals surface area contributed by atoms with Crippen LogP contribution in [0.5, 0.6) is 0 Å². The Hall–Kier alpha value is -3.09. The van der Waals surface area contributed by atoms with Crippen molar-refractivity contribution in [3.8, 4) is 0 Å². The van der Waals surface area contributed by atoms with E-state index >= 15 is 0 Å². The maximum atomic E-state index is 13.7. The maximum absolute atomic E-state index is 13.7. The molecule has 5 nitrogen and oxygen atoms in total. The number of aryl methyl sites for hydroxylation is 3. The summed E-state index contributed by atoms with van der Waals surface area (Å²) in [7, 11) is 0. The van der Waals surface area contributed by atoms with E-state index in [1.807, 2.05) is 50.2 Å². The smallest absolute Gasteiger partial charge is 0.264 e. The van der Waals surface area contributed by atoms with Crippen molar-refractivity contribution in [2.45, 2.75) is 45.3 Å². The molecule has 0 aromatic heterocycles. The van der Waals surface area contributed by atoms with Crippen LogP contribution in [0.1, 0.15) is 51.0 Å². The van der Waals surface area contributed by atoms with Crippen LogP contribution in [0.25, 0.3) is 0 Å². The van der Waals surface area contributed by atoms with Crippen LogP contribution in [0.2, 0.25) is 0 Å². The molecule has 178 valence electrons. The number of carbonyl (C=O) groups is 3. The van der Waals surface area contributed by atoms with E-state index in [1.165, 1.54) is 0 Å². The molecule has 6 heteroatoms. The molecule has 2 aliphatic rings. The monoisotopic (exact) mass is 531 g/mol. The SMILES string of the molecule is Cc1ccc(C)c(CN2C(=O)[C@@](O)(CC(=O)[C@@H]3CCc4ccccc4C3=O)c3cc(Br)ccc32)c1. The summed E-state index contributed by atoms with van der Waals surface area (Å²) >= 11 is 3.43. The molecule has 1 aliphatic carbocycles. The number of nitrogens with zero attached hydrogens (tertiary/aromatic N) is 1. The lowest BCUT2D eigenvalue weighted by Gasteiger charge is -2.27. The van der Waals surface area contributed by atoms with Gasteiger partial charge in [0.1, 0.15) is 5.78 Å². The molecule has 35 heavy (non-hydrogen) atoms. The molecule has 1 amide bonds. The molecular formula is C29H26BrNO4. The van der Waals surface area contributed by atoms with E-state index in [1.54, 1.807) is 29.2 Å². The quantitative estimate of drug-likeness (QED) is 0.459. The Labute approximate surface area is 212 Å². The predicted octanol–water partition coefficient (Wildman–Crippen LogP) is 5.20. The van der Waals surface area contributed by atoms with E-state index in [4.69, 9.17) is 0 Å². The van der Waals surface area contributed by atoms with Gasteiger partial charge in [-0.15, -0.1) is 0 Å². The standard InChI is InChI=1S/C29H26BrNO4/c1-17-7-8-18(2)20(13-17)16-31-25-12-10-21(30)14-24(25)29(35,28(31)34)15-26(32)23-11-9-19-5-3-4-6-22(19)27(23)33/h3-8,10,12-14,23,35H,9,11,15-16H2,1-2H3/t23-,29+/m0/s1. The van der Waals surface area contributed by atoms with Crippen molar-refractivity contribution < 1.29 is 19.5 Å². The van der Waals surface area contributed by atoms with Crippen LogP contribution in [0, 0.1) is 19.8 Å². The Balaban J connectivity index is 1.47. The lowest BCUT2D eigenvalue weighted by atomic mass is 9.77. The van der Waals surface area contributed by atoms with Crippen LogP contribution >= 0.6 is 15.9 Å². The number of rotatable bonds is 5. The van der Waals surface area contributed by atoms with E-state index in [-0.39, 0.29) is 12.3 Å². The molecule has 0 saturated carbocycles. The molecule has 0 saturated heterocycles. The van der Waals surface area contributed by atoms with Gasteiger partial charge in [-0.2, -0.15) is 0 Å². The summed E-state index contributed by atoms with van der Waals surface area (Å²) < 4.78 is 0.700. The summed E-state index contributed by atoms with van der Waals surface area (Å²) in [5.41, 5.74) is 3.53. The predicted molar refractivity (Wildman–Crippen MR) is 137 cm³/mol. The largest absolute Gasteiger partial charge is 0.375 e. The first-order chi connectivity index (χ1) is 16.7. The number of ketones is 2. The lowest BCUT2D eigenvalue weighted by Crippen LogP contribution is -2.43. The number of anilines is 1. The minimum Gasteiger partial charge on any atom is -0.375 e. The van der Waals surface area contributed by atoms with Crippen LogP contribution in [-0.4, -0.2) is 22.6 Å². The first kappa shape index (κ1) is 23.6. The molecular weight excluding hydrogens is 506 g/mol. The number of halogens is 1. The molecule has 1 heterocycles. The minimum atomic E-state index is -2.02. The van der Waals surface area contributed by atoms with Crippen molar-refractivity contribution in [2.24, 2.45) is 5.92 Å². The molecule has 3 aromatic carbocycles. The van der Waals surface area contributed by atoms with Crippen LogP contribution in [0.15, 0.2) is 65.1 Å². The Bertz CT molecular complexity index is 1380. The molecule has 3 aromatic rings. The molecule has 0 fully saturated rings. The number of carbonyl (C=O) groups excluding carboxylic acids is 3. The third-order valence-electron chi connectivity index (χ3n) is 7.25. The lowest BCUT2D eigenvalue weighted by molar-refractivity contribution is -0.142. The third kappa shape index (κ3) is 4.05. The summed E-state index contributed by atoms with van der Waals surface area (Å²) in [4.78, 5) is 41.8. The molecule has 0 radical (unpaired) electrons. The number of benzene rings is 3. The van der Waals surface area contributed by atoms with Gasteiger partial charge in [-0.3, -0.25) is 14.4 Å². The molecule has 5 rings (SSSR count). The van der Waals surface area contributed by atoms with Gasteiger partial charge >= 0.3 is 0 Å². The highest BCUT2D eigenvalue weighted by atomic mass is 79.9. The second kappa shape index (κ2) is 8.85. The van der Waals surface area contributed by atoms with Gasteiger partial charge in [0.2, 0.25) is 0 Å². The van der Waals surface area contributed by atoms with Gasteiger partial charge in [0, 0.05) is 22.0 Å². The number of amides is 1. The fourth-order valence-corrected chi connectivity index (χ4v) is 5.63. The fraction of sp³-hybridized carbons (Fsp3) is 0.276. The molecule has 1 N–H and O–H groups in total. The fourth-order valence-electron chi connectivity index (χ4n) is 5.27. The molecule has 2 atom stereocenters. The van der Waals surface area contributed by atoms with Crippen molar-refractivity contribution in [3.63, 3.8) is 0 Å². The Morgan fingerprint density at radius 3 is 2.66 bits per heavy atom. The number of aliphatic hydroxyl groups is 1. The van der Waals surface area contributed by atoms with Gasteiger partial charge < -0.3 is 10.0 Å². The Morgan fingerprint density at radius 1 is 1.09 bits per heavy atom. The van der Waals surface area contributed by atoms with Crippen molar-refractivity contribution in [3.05, 3.63) is 98.5 Å². The average molecular weight is 532 g/mol.